The third-order valence-corrected chi connectivity index (χ3v) is 3.83. The Morgan fingerprint density at radius 2 is 2.14 bits per heavy atom. The van der Waals surface area contributed by atoms with E-state index in [1.165, 1.54) is 12.3 Å². The number of phenolic OH excluding ortho intramolecular Hbond substituents is 1. The van der Waals surface area contributed by atoms with E-state index in [2.05, 4.69) is 27.8 Å². The Labute approximate surface area is 131 Å². The number of aromatic hydroxyl groups is 1. The number of hydrogen-bond donors (Lipinski definition) is 4. The fourth-order valence-electron chi connectivity index (χ4n) is 1.54. The zero-order valence-corrected chi connectivity index (χ0v) is 12.7. The molecule has 114 valence electrons. The molecule has 0 bridgehead atoms. The third-order valence-electron chi connectivity index (χ3n) is 2.56. The molecule has 0 aliphatic carbocycles. The van der Waals surface area contributed by atoms with E-state index in [9.17, 15) is 13.5 Å². The minimum Gasteiger partial charge on any atom is -0.507 e. The van der Waals surface area contributed by atoms with Crippen LogP contribution in [0.2, 0.25) is 0 Å². The van der Waals surface area contributed by atoms with Gasteiger partial charge in [-0.1, -0.05) is 0 Å². The Morgan fingerprint density at radius 1 is 1.41 bits per heavy atom. The average Bonchev–Trinajstić information content (AvgIpc) is 2.45. The van der Waals surface area contributed by atoms with Gasteiger partial charge in [-0.3, -0.25) is 5.41 Å². The molecule has 4 N–H and O–H groups in total. The zero-order chi connectivity index (χ0) is 16.3. The Balaban J connectivity index is 2.35. The van der Waals surface area contributed by atoms with E-state index in [1.54, 1.807) is 12.2 Å². The average molecular weight is 337 g/mol. The van der Waals surface area contributed by atoms with E-state index in [1.807, 2.05) is 0 Å². The molecule has 1 aromatic carbocycles. The lowest BCUT2D eigenvalue weighted by Gasteiger charge is -2.04. The Bertz CT molecular complexity index is 854. The smallest absolute Gasteiger partial charge is 0.241 e. The molecule has 0 fully saturated rings. The summed E-state index contributed by atoms with van der Waals surface area (Å²) in [6.45, 7) is 0. The fraction of sp³-hybridized carbons (Fsp3) is 0. The van der Waals surface area contributed by atoms with Gasteiger partial charge >= 0.3 is 0 Å². The van der Waals surface area contributed by atoms with Crippen molar-refractivity contribution in [2.24, 2.45) is 20.4 Å². The van der Waals surface area contributed by atoms with Crippen LogP contribution in [-0.4, -0.2) is 25.6 Å². The molecule has 22 heavy (non-hydrogen) atoms. The summed E-state index contributed by atoms with van der Waals surface area (Å²) < 4.78 is 22.6. The zero-order valence-electron chi connectivity index (χ0n) is 11.0. The molecule has 0 spiro atoms. The van der Waals surface area contributed by atoms with Gasteiger partial charge in [-0.15, -0.1) is 22.9 Å². The highest BCUT2D eigenvalue weighted by molar-refractivity contribution is 7.89. The second kappa shape index (κ2) is 6.22. The van der Waals surface area contributed by atoms with Crippen molar-refractivity contribution in [1.82, 2.24) is 0 Å². The van der Waals surface area contributed by atoms with Crippen LogP contribution in [-0.2, 0) is 10.0 Å². The van der Waals surface area contributed by atoms with Crippen LogP contribution in [0.3, 0.4) is 0 Å². The van der Waals surface area contributed by atoms with Gasteiger partial charge in [-0.25, -0.2) is 18.5 Å². The van der Waals surface area contributed by atoms with Crippen molar-refractivity contribution < 1.29 is 13.5 Å². The minimum atomic E-state index is -4.07. The van der Waals surface area contributed by atoms with E-state index >= 15 is 0 Å². The Hall–Kier alpha value is -2.30. The summed E-state index contributed by atoms with van der Waals surface area (Å²) in [4.78, 5) is 3.33. The maximum Gasteiger partial charge on any atom is 0.241 e. The maximum absolute atomic E-state index is 11.3. The van der Waals surface area contributed by atoms with Crippen LogP contribution in [0, 0.1) is 5.41 Å². The summed E-state index contributed by atoms with van der Waals surface area (Å²) in [6.07, 6.45) is 4.68. The number of nitrogens with zero attached hydrogens (tertiary/aromatic N) is 3. The Kier molecular flexibility index (Phi) is 4.54. The molecule has 0 saturated heterocycles. The number of azo groups is 1. The first-order chi connectivity index (χ1) is 10.3. The molecule has 1 aromatic rings. The molecule has 0 unspecified atom stereocenters. The summed E-state index contributed by atoms with van der Waals surface area (Å²) in [5.41, 5.74) is 0.531. The molecule has 0 aromatic heterocycles. The van der Waals surface area contributed by atoms with Crippen LogP contribution in [0.1, 0.15) is 0 Å². The number of nitrogens with one attached hydrogen (secondary N) is 1. The van der Waals surface area contributed by atoms with E-state index in [-0.39, 0.29) is 16.6 Å². The van der Waals surface area contributed by atoms with E-state index < -0.39 is 20.7 Å². The van der Waals surface area contributed by atoms with Gasteiger partial charge in [-0.05, 0) is 30.4 Å². The molecule has 0 radical (unpaired) electrons. The molecular weight excluding hydrogens is 326 g/mol. The summed E-state index contributed by atoms with van der Waals surface area (Å²) in [7, 11) is -4.07. The van der Waals surface area contributed by atoms with Crippen molar-refractivity contribution in [2.75, 3.05) is 0 Å². The monoisotopic (exact) mass is 337 g/mol. The maximum atomic E-state index is 11.3. The molecule has 1 heterocycles. The van der Waals surface area contributed by atoms with Crippen molar-refractivity contribution >= 4 is 40.4 Å². The molecule has 0 amide bonds. The quantitative estimate of drug-likeness (QED) is 0.494. The number of benzene rings is 1. The van der Waals surface area contributed by atoms with E-state index in [0.29, 0.717) is 5.57 Å². The number of allylic oxidation sites excluding steroid dienone is 1. The van der Waals surface area contributed by atoms with Gasteiger partial charge in [-0.2, -0.15) is 0 Å². The number of dihydropyridines is 1. The number of amidine groups is 1. The Morgan fingerprint density at radius 3 is 2.77 bits per heavy atom. The van der Waals surface area contributed by atoms with Crippen molar-refractivity contribution in [3.63, 3.8) is 0 Å². The number of aliphatic imine (C=N–C) groups is 1. The number of rotatable bonds is 3. The van der Waals surface area contributed by atoms with Crippen LogP contribution in [0.4, 0.5) is 5.69 Å². The molecule has 8 nitrogen and oxygen atoms in total. The molecule has 1 aliphatic rings. The van der Waals surface area contributed by atoms with Gasteiger partial charge in [0.1, 0.15) is 15.7 Å². The first-order valence-electron chi connectivity index (χ1n) is 5.79. The van der Waals surface area contributed by atoms with Gasteiger partial charge in [0.25, 0.3) is 0 Å². The summed E-state index contributed by atoms with van der Waals surface area (Å²) in [5.74, 6) is -0.486. The normalized spacial score (nSPS) is 17.3. The molecule has 0 atom stereocenters. The van der Waals surface area contributed by atoms with E-state index in [0.717, 1.165) is 12.1 Å². The summed E-state index contributed by atoms with van der Waals surface area (Å²) in [5, 5.41) is 29.8. The molecule has 10 heteroatoms. The van der Waals surface area contributed by atoms with Gasteiger partial charge in [0.15, 0.2) is 5.84 Å². The van der Waals surface area contributed by atoms with Crippen LogP contribution in [0.15, 0.2) is 61.1 Å². The molecule has 2 rings (SSSR count). The standard InChI is InChI=1S/C12H11N5O3S2/c13-11-8(2-1-5-15-11)12(21)17-16-7-3-4-9(18)10(6-7)22(14,19)20/h1-6,13,18,21H,(H2,14,19,20)/b12-8-,13-11?,17-16+. The first-order valence-corrected chi connectivity index (χ1v) is 7.79. The van der Waals surface area contributed by atoms with Crippen molar-refractivity contribution in [3.05, 3.63) is 41.0 Å². The van der Waals surface area contributed by atoms with Crippen LogP contribution in [0.25, 0.3) is 0 Å². The minimum absolute atomic E-state index is 0.0117. The fourth-order valence-corrected chi connectivity index (χ4v) is 2.41. The topological polar surface area (TPSA) is 141 Å². The molecule has 1 aliphatic heterocycles. The lowest BCUT2D eigenvalue weighted by molar-refractivity contribution is 0.459. The lowest BCUT2D eigenvalue weighted by atomic mass is 10.2. The third kappa shape index (κ3) is 3.67. The first kappa shape index (κ1) is 16.1. The highest BCUT2D eigenvalue weighted by Gasteiger charge is 2.14. The number of sulfonamides is 1. The van der Waals surface area contributed by atoms with Gasteiger partial charge in [0.05, 0.1) is 11.3 Å². The number of nitrogens with two attached hydrogens (primary N) is 1. The highest BCUT2D eigenvalue weighted by atomic mass is 32.2. The number of primary sulfonamides is 1. The largest absolute Gasteiger partial charge is 0.507 e. The number of thiol groups is 1. The van der Waals surface area contributed by atoms with Crippen LogP contribution in [0.5, 0.6) is 5.75 Å². The molecular formula is C12H11N5O3S2. The number of hydrogen-bond acceptors (Lipinski definition) is 7. The van der Waals surface area contributed by atoms with Gasteiger partial charge in [0, 0.05) is 6.21 Å². The van der Waals surface area contributed by atoms with Gasteiger partial charge < -0.3 is 5.11 Å². The highest BCUT2D eigenvalue weighted by Crippen LogP contribution is 2.27. The van der Waals surface area contributed by atoms with Crippen LogP contribution < -0.4 is 5.14 Å². The van der Waals surface area contributed by atoms with Crippen molar-refractivity contribution in [3.8, 4) is 5.75 Å². The van der Waals surface area contributed by atoms with Crippen molar-refractivity contribution in [2.45, 2.75) is 4.90 Å². The predicted molar refractivity (Wildman–Crippen MR) is 85.4 cm³/mol. The predicted octanol–water partition coefficient (Wildman–Crippen LogP) is 1.88. The summed E-state index contributed by atoms with van der Waals surface area (Å²) in [6, 6.07) is 3.59. The summed E-state index contributed by atoms with van der Waals surface area (Å²) >= 11 is 4.13. The second-order valence-corrected chi connectivity index (χ2v) is 6.07. The van der Waals surface area contributed by atoms with Crippen molar-refractivity contribution in [1.29, 1.82) is 5.41 Å². The van der Waals surface area contributed by atoms with Crippen LogP contribution >= 0.6 is 12.6 Å². The lowest BCUT2D eigenvalue weighted by Crippen LogP contribution is -2.12. The van der Waals surface area contributed by atoms with Gasteiger partial charge in [0.2, 0.25) is 10.0 Å². The SMILES string of the molecule is N=C1N=CC=C/C1=C(S)\N=N\c1ccc(O)c(S(N)(=O)=O)c1. The van der Waals surface area contributed by atoms with E-state index in [4.69, 9.17) is 10.5 Å². The second-order valence-electron chi connectivity index (χ2n) is 4.12. The molecule has 0 saturated carbocycles. The number of phenols is 1.